The molecule has 2 aromatic carbocycles. The van der Waals surface area contributed by atoms with E-state index in [9.17, 15) is 28.1 Å². The lowest BCUT2D eigenvalue weighted by Gasteiger charge is -2.13. The Morgan fingerprint density at radius 1 is 1.20 bits per heavy atom. The van der Waals surface area contributed by atoms with Crippen molar-refractivity contribution in [3.05, 3.63) is 73.4 Å². The molecule has 0 aliphatic heterocycles. The van der Waals surface area contributed by atoms with Crippen molar-refractivity contribution < 1.29 is 22.9 Å². The standard InChI is InChI=1S/C16H10F3IN2O3/c17-16(18,19)13-9-11(20)5-6-14(13)21-15(23)7-4-10-2-1-3-12(8-10)22(24)25/h1-9H,(H,21,23). The number of benzene rings is 2. The Morgan fingerprint density at radius 2 is 1.92 bits per heavy atom. The zero-order valence-electron chi connectivity index (χ0n) is 12.4. The Morgan fingerprint density at radius 3 is 2.56 bits per heavy atom. The van der Waals surface area contributed by atoms with Crippen molar-refractivity contribution >= 4 is 45.9 Å². The third kappa shape index (κ3) is 5.28. The molecule has 0 aliphatic carbocycles. The highest BCUT2D eigenvalue weighted by atomic mass is 127. The fourth-order valence-corrected chi connectivity index (χ4v) is 2.44. The van der Waals surface area contributed by atoms with Gasteiger partial charge in [-0.15, -0.1) is 0 Å². The van der Waals surface area contributed by atoms with Gasteiger partial charge in [-0.1, -0.05) is 12.1 Å². The average Bonchev–Trinajstić information content (AvgIpc) is 2.54. The van der Waals surface area contributed by atoms with Crippen molar-refractivity contribution in [2.45, 2.75) is 6.18 Å². The molecule has 130 valence electrons. The van der Waals surface area contributed by atoms with Crippen molar-refractivity contribution in [3.63, 3.8) is 0 Å². The summed E-state index contributed by atoms with van der Waals surface area (Å²) in [7, 11) is 0. The van der Waals surface area contributed by atoms with Gasteiger partial charge >= 0.3 is 6.18 Å². The first-order valence-corrected chi connectivity index (χ1v) is 7.85. The summed E-state index contributed by atoms with van der Waals surface area (Å²) in [6.07, 6.45) is -2.31. The van der Waals surface area contributed by atoms with E-state index in [4.69, 9.17) is 0 Å². The Kier molecular flexibility index (Phi) is 5.77. The molecule has 0 saturated heterocycles. The molecular formula is C16H10F3IN2O3. The number of anilines is 1. The van der Waals surface area contributed by atoms with Crippen LogP contribution in [0.15, 0.2) is 48.5 Å². The van der Waals surface area contributed by atoms with E-state index in [1.807, 2.05) is 0 Å². The Labute approximate surface area is 153 Å². The summed E-state index contributed by atoms with van der Waals surface area (Å²) in [4.78, 5) is 22.0. The molecular weight excluding hydrogens is 452 g/mol. The number of nitro benzene ring substituents is 1. The Balaban J connectivity index is 2.18. The molecule has 2 aromatic rings. The zero-order valence-corrected chi connectivity index (χ0v) is 14.5. The highest BCUT2D eigenvalue weighted by Gasteiger charge is 2.34. The van der Waals surface area contributed by atoms with Gasteiger partial charge in [0.15, 0.2) is 0 Å². The molecule has 0 aromatic heterocycles. The Hall–Kier alpha value is -2.43. The first kappa shape index (κ1) is 18.9. The van der Waals surface area contributed by atoms with Gasteiger partial charge in [0.05, 0.1) is 16.2 Å². The van der Waals surface area contributed by atoms with Gasteiger partial charge in [0.1, 0.15) is 0 Å². The molecule has 0 saturated carbocycles. The molecule has 1 N–H and O–H groups in total. The molecule has 0 radical (unpaired) electrons. The second-order valence-corrected chi connectivity index (χ2v) is 6.11. The molecule has 0 unspecified atom stereocenters. The van der Waals surface area contributed by atoms with Gasteiger partial charge in [0, 0.05) is 21.8 Å². The number of nitrogens with one attached hydrogen (secondary N) is 1. The van der Waals surface area contributed by atoms with Gasteiger partial charge in [-0.05, 0) is 52.4 Å². The minimum absolute atomic E-state index is 0.153. The second kappa shape index (κ2) is 7.64. The van der Waals surface area contributed by atoms with Crippen LogP contribution in [0.3, 0.4) is 0 Å². The number of rotatable bonds is 4. The lowest BCUT2D eigenvalue weighted by Crippen LogP contribution is -2.14. The smallest absolute Gasteiger partial charge is 0.322 e. The number of amides is 1. The van der Waals surface area contributed by atoms with E-state index in [-0.39, 0.29) is 11.4 Å². The van der Waals surface area contributed by atoms with Crippen LogP contribution in [0.25, 0.3) is 6.08 Å². The number of carbonyl (C=O) groups excluding carboxylic acids is 1. The third-order valence-electron chi connectivity index (χ3n) is 3.05. The average molecular weight is 462 g/mol. The van der Waals surface area contributed by atoms with Crippen LogP contribution in [0.5, 0.6) is 0 Å². The fraction of sp³-hybridized carbons (Fsp3) is 0.0625. The molecule has 25 heavy (non-hydrogen) atoms. The van der Waals surface area contributed by atoms with Gasteiger partial charge in [-0.2, -0.15) is 13.2 Å². The molecule has 0 spiro atoms. The number of non-ortho nitro benzene ring substituents is 1. The van der Waals surface area contributed by atoms with Crippen molar-refractivity contribution in [2.75, 3.05) is 5.32 Å². The van der Waals surface area contributed by atoms with Crippen LogP contribution in [-0.2, 0) is 11.0 Å². The first-order chi connectivity index (χ1) is 11.7. The molecule has 2 rings (SSSR count). The normalized spacial score (nSPS) is 11.5. The maximum absolute atomic E-state index is 13.0. The van der Waals surface area contributed by atoms with E-state index >= 15 is 0 Å². The number of nitrogens with zero attached hydrogens (tertiary/aromatic N) is 1. The van der Waals surface area contributed by atoms with E-state index in [0.29, 0.717) is 9.13 Å². The summed E-state index contributed by atoms with van der Waals surface area (Å²) >= 11 is 1.75. The van der Waals surface area contributed by atoms with Crippen LogP contribution in [-0.4, -0.2) is 10.8 Å². The van der Waals surface area contributed by atoms with Gasteiger partial charge in [0.25, 0.3) is 5.69 Å². The summed E-state index contributed by atoms with van der Waals surface area (Å²) in [6, 6.07) is 9.05. The molecule has 0 fully saturated rings. The fourth-order valence-electron chi connectivity index (χ4n) is 1.95. The summed E-state index contributed by atoms with van der Waals surface area (Å²) < 4.78 is 39.4. The highest BCUT2D eigenvalue weighted by molar-refractivity contribution is 14.1. The van der Waals surface area contributed by atoms with E-state index in [2.05, 4.69) is 5.32 Å². The maximum Gasteiger partial charge on any atom is 0.418 e. The van der Waals surface area contributed by atoms with E-state index in [1.165, 1.54) is 42.5 Å². The number of hydrogen-bond donors (Lipinski definition) is 1. The van der Waals surface area contributed by atoms with Gasteiger partial charge in [-0.3, -0.25) is 14.9 Å². The SMILES string of the molecule is O=C(C=Cc1cccc([N+](=O)[O-])c1)Nc1ccc(I)cc1C(F)(F)F. The van der Waals surface area contributed by atoms with Crippen LogP contribution in [0.2, 0.25) is 0 Å². The largest absolute Gasteiger partial charge is 0.418 e. The van der Waals surface area contributed by atoms with Crippen LogP contribution >= 0.6 is 22.6 Å². The van der Waals surface area contributed by atoms with Crippen LogP contribution in [0.4, 0.5) is 24.5 Å². The van der Waals surface area contributed by atoms with Crippen molar-refractivity contribution in [3.8, 4) is 0 Å². The second-order valence-electron chi connectivity index (χ2n) is 4.86. The lowest BCUT2D eigenvalue weighted by molar-refractivity contribution is -0.384. The molecule has 9 heteroatoms. The van der Waals surface area contributed by atoms with E-state index < -0.39 is 22.6 Å². The maximum atomic E-state index is 13.0. The molecule has 0 heterocycles. The highest BCUT2D eigenvalue weighted by Crippen LogP contribution is 2.35. The molecule has 0 aliphatic rings. The summed E-state index contributed by atoms with van der Waals surface area (Å²) in [6.45, 7) is 0. The van der Waals surface area contributed by atoms with E-state index in [0.717, 1.165) is 12.1 Å². The van der Waals surface area contributed by atoms with Crippen molar-refractivity contribution in [1.82, 2.24) is 0 Å². The van der Waals surface area contributed by atoms with Gasteiger partial charge in [-0.25, -0.2) is 0 Å². The summed E-state index contributed by atoms with van der Waals surface area (Å²) in [5.41, 5.74) is -1.08. The monoisotopic (exact) mass is 462 g/mol. The van der Waals surface area contributed by atoms with Gasteiger partial charge < -0.3 is 5.32 Å². The number of nitro groups is 1. The van der Waals surface area contributed by atoms with Crippen LogP contribution in [0.1, 0.15) is 11.1 Å². The molecule has 0 bridgehead atoms. The van der Waals surface area contributed by atoms with E-state index in [1.54, 1.807) is 22.6 Å². The summed E-state index contributed by atoms with van der Waals surface area (Å²) in [5, 5.41) is 12.9. The minimum atomic E-state index is -4.60. The summed E-state index contributed by atoms with van der Waals surface area (Å²) in [5.74, 6) is -0.779. The lowest BCUT2D eigenvalue weighted by atomic mass is 10.1. The zero-order chi connectivity index (χ0) is 18.6. The van der Waals surface area contributed by atoms with Crippen LogP contribution < -0.4 is 5.32 Å². The predicted molar refractivity (Wildman–Crippen MR) is 94.9 cm³/mol. The third-order valence-corrected chi connectivity index (χ3v) is 3.72. The number of halogens is 4. The number of alkyl halides is 3. The molecule has 1 amide bonds. The number of hydrogen-bond acceptors (Lipinski definition) is 3. The topological polar surface area (TPSA) is 72.2 Å². The Bertz CT molecular complexity index is 851. The van der Waals surface area contributed by atoms with Crippen molar-refractivity contribution in [2.24, 2.45) is 0 Å². The van der Waals surface area contributed by atoms with Crippen LogP contribution in [0, 0.1) is 13.7 Å². The minimum Gasteiger partial charge on any atom is -0.322 e. The first-order valence-electron chi connectivity index (χ1n) is 6.77. The predicted octanol–water partition coefficient (Wildman–Crippen LogP) is 4.87. The molecule has 0 atom stereocenters. The van der Waals surface area contributed by atoms with Crippen molar-refractivity contribution in [1.29, 1.82) is 0 Å². The quantitative estimate of drug-likeness (QED) is 0.305. The van der Waals surface area contributed by atoms with Gasteiger partial charge in [0.2, 0.25) is 5.91 Å². The molecule has 5 nitrogen and oxygen atoms in total. The number of carbonyl (C=O) groups is 1.